The lowest BCUT2D eigenvalue weighted by molar-refractivity contribution is -0.114. The van der Waals surface area contributed by atoms with Crippen LogP contribution >= 0.6 is 0 Å². The van der Waals surface area contributed by atoms with Crippen LogP contribution < -0.4 is 10.6 Å². The molecule has 0 spiro atoms. The molecule has 1 aromatic heterocycles. The van der Waals surface area contributed by atoms with Crippen LogP contribution in [-0.4, -0.2) is 17.0 Å². The van der Waals surface area contributed by atoms with Crippen molar-refractivity contribution in [3.05, 3.63) is 66.4 Å². The molecule has 24 heavy (non-hydrogen) atoms. The number of amides is 2. The molecule has 0 aliphatic heterocycles. The maximum atomic E-state index is 12.5. The van der Waals surface area contributed by atoms with Gasteiger partial charge in [-0.1, -0.05) is 41.6 Å². The van der Waals surface area contributed by atoms with Crippen molar-refractivity contribution < 1.29 is 14.1 Å². The van der Waals surface area contributed by atoms with Gasteiger partial charge in [-0.3, -0.25) is 9.59 Å². The van der Waals surface area contributed by atoms with Crippen LogP contribution in [0, 0.1) is 0 Å². The molecule has 3 rings (SSSR count). The molecule has 0 atom stereocenters. The van der Waals surface area contributed by atoms with Crippen molar-refractivity contribution >= 4 is 23.2 Å². The van der Waals surface area contributed by atoms with Crippen molar-refractivity contribution in [3.8, 4) is 11.3 Å². The van der Waals surface area contributed by atoms with Gasteiger partial charge in [0.25, 0.3) is 5.91 Å². The Balaban J connectivity index is 1.82. The highest BCUT2D eigenvalue weighted by molar-refractivity contribution is 6.07. The van der Waals surface area contributed by atoms with E-state index >= 15 is 0 Å². The van der Waals surface area contributed by atoms with Gasteiger partial charge in [-0.05, 0) is 18.2 Å². The maximum absolute atomic E-state index is 12.5. The Morgan fingerprint density at radius 3 is 2.38 bits per heavy atom. The Kier molecular flexibility index (Phi) is 4.38. The fourth-order valence-corrected chi connectivity index (χ4v) is 2.28. The summed E-state index contributed by atoms with van der Waals surface area (Å²) in [6, 6.07) is 16.2. The van der Waals surface area contributed by atoms with Crippen LogP contribution in [0.15, 0.2) is 65.3 Å². The minimum absolute atomic E-state index is 0.177. The average Bonchev–Trinajstić information content (AvgIpc) is 3.05. The second-order valence-corrected chi connectivity index (χ2v) is 5.15. The zero-order chi connectivity index (χ0) is 16.9. The fraction of sp³-hybridized carbons (Fsp3) is 0.0556. The van der Waals surface area contributed by atoms with Gasteiger partial charge in [-0.25, -0.2) is 0 Å². The normalized spacial score (nSPS) is 10.2. The number of anilines is 2. The molecule has 6 nitrogen and oxygen atoms in total. The Morgan fingerprint density at radius 1 is 0.958 bits per heavy atom. The third-order valence-corrected chi connectivity index (χ3v) is 3.29. The molecule has 0 saturated carbocycles. The summed E-state index contributed by atoms with van der Waals surface area (Å²) in [6.45, 7) is 1.43. The number of carbonyl (C=O) groups excluding carboxylic acids is 2. The third kappa shape index (κ3) is 3.49. The average molecular weight is 321 g/mol. The second kappa shape index (κ2) is 6.78. The van der Waals surface area contributed by atoms with E-state index in [1.807, 2.05) is 30.3 Å². The molecule has 2 N–H and O–H groups in total. The third-order valence-electron chi connectivity index (χ3n) is 3.29. The summed E-state index contributed by atoms with van der Waals surface area (Å²) < 4.78 is 5.22. The van der Waals surface area contributed by atoms with Gasteiger partial charge in [0.2, 0.25) is 5.91 Å². The first kappa shape index (κ1) is 15.5. The van der Waals surface area contributed by atoms with Crippen LogP contribution in [0.4, 0.5) is 11.4 Å². The first-order chi connectivity index (χ1) is 11.6. The molecule has 1 heterocycles. The first-order valence-electron chi connectivity index (χ1n) is 7.32. The van der Waals surface area contributed by atoms with Crippen molar-refractivity contribution in [2.45, 2.75) is 6.92 Å². The summed E-state index contributed by atoms with van der Waals surface area (Å²) in [5, 5.41) is 9.17. The Labute approximate surface area is 138 Å². The number of hydrogen-bond acceptors (Lipinski definition) is 4. The van der Waals surface area contributed by atoms with Gasteiger partial charge in [0.1, 0.15) is 5.56 Å². The molecule has 6 heteroatoms. The van der Waals surface area contributed by atoms with Crippen LogP contribution in [0.25, 0.3) is 11.3 Å². The van der Waals surface area contributed by atoms with Crippen molar-refractivity contribution in [1.29, 1.82) is 0 Å². The van der Waals surface area contributed by atoms with Gasteiger partial charge in [0.05, 0.1) is 6.20 Å². The van der Waals surface area contributed by atoms with E-state index in [0.29, 0.717) is 22.7 Å². The number of aromatic nitrogens is 1. The molecule has 0 unspecified atom stereocenters. The van der Waals surface area contributed by atoms with E-state index in [1.54, 1.807) is 24.3 Å². The van der Waals surface area contributed by atoms with E-state index < -0.39 is 0 Å². The summed E-state index contributed by atoms with van der Waals surface area (Å²) in [6.07, 6.45) is 1.38. The molecular formula is C18H15N3O3. The highest BCUT2D eigenvalue weighted by Crippen LogP contribution is 2.24. The summed E-state index contributed by atoms with van der Waals surface area (Å²) in [5.41, 5.74) is 2.28. The standard InChI is InChI=1S/C18H15N3O3/c1-12(22)20-14-8-5-9-15(10-14)21-18(23)16-11-19-24-17(16)13-6-3-2-4-7-13/h2-11H,1H3,(H,20,22)(H,21,23). The van der Waals surface area contributed by atoms with E-state index in [4.69, 9.17) is 4.52 Å². The van der Waals surface area contributed by atoms with Crippen LogP contribution in [-0.2, 0) is 4.79 Å². The molecule has 0 radical (unpaired) electrons. The Bertz CT molecular complexity index is 872. The lowest BCUT2D eigenvalue weighted by Crippen LogP contribution is -2.12. The molecule has 0 aliphatic rings. The van der Waals surface area contributed by atoms with Crippen molar-refractivity contribution in [2.75, 3.05) is 10.6 Å². The number of hydrogen-bond donors (Lipinski definition) is 2. The summed E-state index contributed by atoms with van der Waals surface area (Å²) in [7, 11) is 0. The van der Waals surface area contributed by atoms with Crippen LogP contribution in [0.2, 0.25) is 0 Å². The van der Waals surface area contributed by atoms with Gasteiger partial charge in [-0.15, -0.1) is 0 Å². The Hall–Kier alpha value is -3.41. The SMILES string of the molecule is CC(=O)Nc1cccc(NC(=O)c2cnoc2-c2ccccc2)c1. The fourth-order valence-electron chi connectivity index (χ4n) is 2.28. The molecule has 3 aromatic rings. The summed E-state index contributed by atoms with van der Waals surface area (Å²) in [5.74, 6) is -0.106. The largest absolute Gasteiger partial charge is 0.355 e. The van der Waals surface area contributed by atoms with E-state index in [0.717, 1.165) is 5.56 Å². The number of nitrogens with zero attached hydrogens (tertiary/aromatic N) is 1. The van der Waals surface area contributed by atoms with Crippen LogP contribution in [0.1, 0.15) is 17.3 Å². The monoisotopic (exact) mass is 321 g/mol. The predicted octanol–water partition coefficient (Wildman–Crippen LogP) is 3.55. The lowest BCUT2D eigenvalue weighted by atomic mass is 10.1. The maximum Gasteiger partial charge on any atom is 0.261 e. The summed E-state index contributed by atoms with van der Waals surface area (Å²) >= 11 is 0. The van der Waals surface area contributed by atoms with Gasteiger partial charge >= 0.3 is 0 Å². The number of nitrogens with one attached hydrogen (secondary N) is 2. The smallest absolute Gasteiger partial charge is 0.261 e. The lowest BCUT2D eigenvalue weighted by Gasteiger charge is -2.07. The van der Waals surface area contributed by atoms with Crippen molar-refractivity contribution in [2.24, 2.45) is 0 Å². The molecular weight excluding hydrogens is 306 g/mol. The highest BCUT2D eigenvalue weighted by Gasteiger charge is 2.17. The topological polar surface area (TPSA) is 84.2 Å². The van der Waals surface area contributed by atoms with E-state index in [1.165, 1.54) is 13.1 Å². The minimum Gasteiger partial charge on any atom is -0.355 e. The van der Waals surface area contributed by atoms with E-state index in [2.05, 4.69) is 15.8 Å². The van der Waals surface area contributed by atoms with Crippen molar-refractivity contribution in [3.63, 3.8) is 0 Å². The summed E-state index contributed by atoms with van der Waals surface area (Å²) in [4.78, 5) is 23.6. The minimum atomic E-state index is -0.338. The molecule has 0 fully saturated rings. The Morgan fingerprint density at radius 2 is 1.67 bits per heavy atom. The van der Waals surface area contributed by atoms with Crippen molar-refractivity contribution in [1.82, 2.24) is 5.16 Å². The molecule has 2 aromatic carbocycles. The number of rotatable bonds is 4. The van der Waals surface area contributed by atoms with Crippen LogP contribution in [0.3, 0.4) is 0 Å². The van der Waals surface area contributed by atoms with Gasteiger partial charge < -0.3 is 15.2 Å². The van der Waals surface area contributed by atoms with Gasteiger partial charge in [-0.2, -0.15) is 0 Å². The van der Waals surface area contributed by atoms with E-state index in [-0.39, 0.29) is 11.8 Å². The number of carbonyl (C=O) groups is 2. The quantitative estimate of drug-likeness (QED) is 0.769. The molecule has 2 amide bonds. The zero-order valence-corrected chi connectivity index (χ0v) is 12.9. The van der Waals surface area contributed by atoms with E-state index in [9.17, 15) is 9.59 Å². The molecule has 0 saturated heterocycles. The van der Waals surface area contributed by atoms with Gasteiger partial charge in [0.15, 0.2) is 5.76 Å². The predicted molar refractivity (Wildman–Crippen MR) is 90.6 cm³/mol. The molecule has 120 valence electrons. The molecule has 0 aliphatic carbocycles. The first-order valence-corrected chi connectivity index (χ1v) is 7.32. The molecule has 0 bridgehead atoms. The second-order valence-electron chi connectivity index (χ2n) is 5.15. The van der Waals surface area contributed by atoms with Crippen LogP contribution in [0.5, 0.6) is 0 Å². The number of benzene rings is 2. The highest BCUT2D eigenvalue weighted by atomic mass is 16.5. The van der Waals surface area contributed by atoms with Gasteiger partial charge in [0, 0.05) is 23.9 Å². The zero-order valence-electron chi connectivity index (χ0n) is 12.9.